The second-order valence-electron chi connectivity index (χ2n) is 4.81. The van der Waals surface area contributed by atoms with E-state index < -0.39 is 5.97 Å². The van der Waals surface area contributed by atoms with Crippen molar-refractivity contribution in [1.29, 1.82) is 0 Å². The average molecular weight is 254 g/mol. The first-order valence-electron chi connectivity index (χ1n) is 6.49. The van der Waals surface area contributed by atoms with E-state index >= 15 is 0 Å². The lowest BCUT2D eigenvalue weighted by Gasteiger charge is -2.06. The lowest BCUT2D eigenvalue weighted by atomic mass is 10.00. The zero-order valence-electron chi connectivity index (χ0n) is 11.1. The third kappa shape index (κ3) is 3.95. The van der Waals surface area contributed by atoms with Crippen LogP contribution >= 0.6 is 0 Å². The molecule has 0 fully saturated rings. The summed E-state index contributed by atoms with van der Waals surface area (Å²) in [6, 6.07) is 16.3. The van der Waals surface area contributed by atoms with E-state index in [0.717, 1.165) is 18.4 Å². The molecule has 0 saturated heterocycles. The number of hydrogen-bond donors (Lipinski definition) is 1. The first kappa shape index (κ1) is 13.3. The van der Waals surface area contributed by atoms with Gasteiger partial charge in [0.25, 0.3) is 0 Å². The van der Waals surface area contributed by atoms with Crippen molar-refractivity contribution in [3.8, 4) is 0 Å². The molecule has 2 aromatic carbocycles. The van der Waals surface area contributed by atoms with Crippen LogP contribution in [0, 0.1) is 6.92 Å². The Balaban J connectivity index is 1.97. The number of carbonyl (C=O) groups is 1. The molecular formula is C17H18O2. The van der Waals surface area contributed by atoms with Gasteiger partial charge in [0, 0.05) is 0 Å². The summed E-state index contributed by atoms with van der Waals surface area (Å²) >= 11 is 0. The maximum atomic E-state index is 10.6. The van der Waals surface area contributed by atoms with Crippen LogP contribution in [0.2, 0.25) is 0 Å². The highest BCUT2D eigenvalue weighted by molar-refractivity contribution is 5.70. The summed E-state index contributed by atoms with van der Waals surface area (Å²) in [4.78, 5) is 10.6. The summed E-state index contributed by atoms with van der Waals surface area (Å²) in [5.74, 6) is -0.785. The predicted octanol–water partition coefficient (Wildman–Crippen LogP) is 3.41. The molecule has 0 amide bonds. The number of benzene rings is 2. The van der Waals surface area contributed by atoms with Crippen LogP contribution in [0.25, 0.3) is 0 Å². The second kappa shape index (κ2) is 6.19. The molecule has 2 aromatic rings. The quantitative estimate of drug-likeness (QED) is 0.887. The van der Waals surface area contributed by atoms with Crippen molar-refractivity contribution in [1.82, 2.24) is 0 Å². The lowest BCUT2D eigenvalue weighted by molar-refractivity contribution is -0.136. The van der Waals surface area contributed by atoms with Crippen LogP contribution < -0.4 is 0 Å². The van der Waals surface area contributed by atoms with Crippen LogP contribution in [0.5, 0.6) is 0 Å². The summed E-state index contributed by atoms with van der Waals surface area (Å²) in [6.07, 6.45) is 2.10. The SMILES string of the molecule is Cc1ccccc1CCc1ccc(CC(=O)O)cc1. The molecule has 98 valence electrons. The van der Waals surface area contributed by atoms with Gasteiger partial charge >= 0.3 is 5.97 Å². The first-order chi connectivity index (χ1) is 9.15. The molecule has 19 heavy (non-hydrogen) atoms. The summed E-state index contributed by atoms with van der Waals surface area (Å²) in [5.41, 5.74) is 4.80. The number of aryl methyl sites for hydroxylation is 3. The molecule has 0 heterocycles. The minimum Gasteiger partial charge on any atom is -0.481 e. The zero-order valence-corrected chi connectivity index (χ0v) is 11.1. The van der Waals surface area contributed by atoms with Gasteiger partial charge in [-0.05, 0) is 42.0 Å². The molecule has 0 aromatic heterocycles. The monoisotopic (exact) mass is 254 g/mol. The second-order valence-corrected chi connectivity index (χ2v) is 4.81. The molecule has 0 radical (unpaired) electrons. The molecule has 0 spiro atoms. The highest BCUT2D eigenvalue weighted by atomic mass is 16.4. The van der Waals surface area contributed by atoms with Gasteiger partial charge in [-0.2, -0.15) is 0 Å². The molecule has 2 heteroatoms. The van der Waals surface area contributed by atoms with Gasteiger partial charge in [0.1, 0.15) is 0 Å². The van der Waals surface area contributed by atoms with E-state index in [4.69, 9.17) is 5.11 Å². The van der Waals surface area contributed by atoms with E-state index in [2.05, 4.69) is 31.2 Å². The smallest absolute Gasteiger partial charge is 0.307 e. The Morgan fingerprint density at radius 3 is 2.21 bits per heavy atom. The Morgan fingerprint density at radius 2 is 1.58 bits per heavy atom. The topological polar surface area (TPSA) is 37.3 Å². The van der Waals surface area contributed by atoms with Crippen molar-refractivity contribution in [3.63, 3.8) is 0 Å². The van der Waals surface area contributed by atoms with E-state index in [1.807, 2.05) is 24.3 Å². The Labute approximate surface area is 113 Å². The predicted molar refractivity (Wildman–Crippen MR) is 76.4 cm³/mol. The Kier molecular flexibility index (Phi) is 4.35. The fourth-order valence-electron chi connectivity index (χ4n) is 2.17. The molecule has 1 N–H and O–H groups in total. The maximum Gasteiger partial charge on any atom is 0.307 e. The summed E-state index contributed by atoms with van der Waals surface area (Å²) in [6.45, 7) is 2.13. The standard InChI is InChI=1S/C17H18O2/c1-13-4-2-3-5-16(13)11-10-14-6-8-15(9-7-14)12-17(18)19/h2-9H,10-12H2,1H3,(H,18,19). The van der Waals surface area contributed by atoms with Gasteiger partial charge in [0.05, 0.1) is 6.42 Å². The van der Waals surface area contributed by atoms with Crippen molar-refractivity contribution >= 4 is 5.97 Å². The highest BCUT2D eigenvalue weighted by Crippen LogP contribution is 2.12. The molecule has 0 unspecified atom stereocenters. The average Bonchev–Trinajstić information content (AvgIpc) is 2.39. The van der Waals surface area contributed by atoms with Crippen LogP contribution in [-0.2, 0) is 24.1 Å². The third-order valence-electron chi connectivity index (χ3n) is 3.32. The number of hydrogen-bond acceptors (Lipinski definition) is 1. The van der Waals surface area contributed by atoms with Crippen molar-refractivity contribution in [2.45, 2.75) is 26.2 Å². The van der Waals surface area contributed by atoms with Crippen molar-refractivity contribution < 1.29 is 9.90 Å². The van der Waals surface area contributed by atoms with Crippen molar-refractivity contribution in [2.24, 2.45) is 0 Å². The van der Waals surface area contributed by atoms with Crippen molar-refractivity contribution in [2.75, 3.05) is 0 Å². The normalized spacial score (nSPS) is 10.4. The van der Waals surface area contributed by atoms with Crippen LogP contribution in [0.4, 0.5) is 0 Å². The fourth-order valence-corrected chi connectivity index (χ4v) is 2.17. The minimum absolute atomic E-state index is 0.0953. The molecule has 0 bridgehead atoms. The molecule has 0 aliphatic rings. The van der Waals surface area contributed by atoms with Crippen LogP contribution in [0.3, 0.4) is 0 Å². The summed E-state index contributed by atoms with van der Waals surface area (Å²) in [7, 11) is 0. The van der Waals surface area contributed by atoms with Gasteiger partial charge in [0.15, 0.2) is 0 Å². The largest absolute Gasteiger partial charge is 0.481 e. The molecule has 2 rings (SSSR count). The molecular weight excluding hydrogens is 236 g/mol. The fraction of sp³-hybridized carbons (Fsp3) is 0.235. The molecule has 0 atom stereocenters. The van der Waals surface area contributed by atoms with Gasteiger partial charge in [-0.15, -0.1) is 0 Å². The van der Waals surface area contributed by atoms with E-state index in [1.165, 1.54) is 16.7 Å². The van der Waals surface area contributed by atoms with Gasteiger partial charge in [-0.25, -0.2) is 0 Å². The Hall–Kier alpha value is -2.09. The summed E-state index contributed by atoms with van der Waals surface area (Å²) in [5, 5.41) is 8.72. The van der Waals surface area contributed by atoms with E-state index in [9.17, 15) is 4.79 Å². The Morgan fingerprint density at radius 1 is 0.947 bits per heavy atom. The van der Waals surface area contributed by atoms with E-state index in [1.54, 1.807) is 0 Å². The molecule has 0 aliphatic carbocycles. The van der Waals surface area contributed by atoms with Gasteiger partial charge < -0.3 is 5.11 Å². The maximum absolute atomic E-state index is 10.6. The Bertz CT molecular complexity index is 556. The molecule has 2 nitrogen and oxygen atoms in total. The number of rotatable bonds is 5. The zero-order chi connectivity index (χ0) is 13.7. The van der Waals surface area contributed by atoms with Crippen LogP contribution in [0.1, 0.15) is 22.3 Å². The lowest BCUT2D eigenvalue weighted by Crippen LogP contribution is -2.00. The highest BCUT2D eigenvalue weighted by Gasteiger charge is 2.01. The van der Waals surface area contributed by atoms with Gasteiger partial charge in [0.2, 0.25) is 0 Å². The first-order valence-corrected chi connectivity index (χ1v) is 6.49. The number of carboxylic acids is 1. The summed E-state index contributed by atoms with van der Waals surface area (Å²) < 4.78 is 0. The van der Waals surface area contributed by atoms with E-state index in [-0.39, 0.29) is 6.42 Å². The number of carboxylic acid groups (broad SMARTS) is 1. The van der Waals surface area contributed by atoms with Gasteiger partial charge in [-0.1, -0.05) is 48.5 Å². The van der Waals surface area contributed by atoms with Gasteiger partial charge in [-0.3, -0.25) is 4.79 Å². The van der Waals surface area contributed by atoms with Crippen LogP contribution in [-0.4, -0.2) is 11.1 Å². The van der Waals surface area contributed by atoms with Crippen molar-refractivity contribution in [3.05, 3.63) is 70.8 Å². The van der Waals surface area contributed by atoms with E-state index in [0.29, 0.717) is 0 Å². The molecule has 0 aliphatic heterocycles. The number of aliphatic carboxylic acids is 1. The molecule has 0 saturated carbocycles. The minimum atomic E-state index is -0.785. The third-order valence-corrected chi connectivity index (χ3v) is 3.32. The van der Waals surface area contributed by atoms with Crippen LogP contribution in [0.15, 0.2) is 48.5 Å².